The molecule has 0 aromatic carbocycles. The van der Waals surface area contributed by atoms with Crippen molar-refractivity contribution < 1.29 is 39.4 Å². The third-order valence-electron chi connectivity index (χ3n) is 2.31. The molecule has 4 N–H and O–H groups in total. The van der Waals surface area contributed by atoms with E-state index in [2.05, 4.69) is 9.47 Å². The second-order valence-corrected chi connectivity index (χ2v) is 3.53. The van der Waals surface area contributed by atoms with Gasteiger partial charge in [-0.3, -0.25) is 0 Å². The van der Waals surface area contributed by atoms with Crippen molar-refractivity contribution in [2.75, 3.05) is 13.2 Å². The molecule has 0 spiro atoms. The number of ether oxygens (including phenoxy) is 3. The largest absolute Gasteiger partial charge is 0.508 e. The molecule has 0 unspecified atom stereocenters. The van der Waals surface area contributed by atoms with E-state index < -0.39 is 43.5 Å². The second-order valence-electron chi connectivity index (χ2n) is 3.53. The van der Waals surface area contributed by atoms with Crippen LogP contribution < -0.4 is 0 Å². The predicted molar refractivity (Wildman–Crippen MR) is 51.9 cm³/mol. The van der Waals surface area contributed by atoms with Crippen LogP contribution in [0, 0.1) is 0 Å². The molecule has 0 aliphatic carbocycles. The van der Waals surface area contributed by atoms with Crippen LogP contribution in [0.25, 0.3) is 0 Å². The molecule has 8 nitrogen and oxygen atoms in total. The van der Waals surface area contributed by atoms with Crippen LogP contribution >= 0.6 is 0 Å². The summed E-state index contributed by atoms with van der Waals surface area (Å²) < 4.78 is 13.8. The van der Waals surface area contributed by atoms with Crippen LogP contribution in [0.15, 0.2) is 0 Å². The molecule has 0 aromatic rings. The Hall–Kier alpha value is -0.930. The summed E-state index contributed by atoms with van der Waals surface area (Å²) in [6, 6.07) is 0. The van der Waals surface area contributed by atoms with Crippen molar-refractivity contribution >= 4 is 6.16 Å². The van der Waals surface area contributed by atoms with Gasteiger partial charge in [-0.15, -0.1) is 0 Å². The Balaban J connectivity index is 2.45. The first-order valence-electron chi connectivity index (χ1n) is 5.14. The summed E-state index contributed by atoms with van der Waals surface area (Å²) in [7, 11) is 0. The summed E-state index contributed by atoms with van der Waals surface area (Å²) in [5, 5.41) is 37.2. The highest BCUT2D eigenvalue weighted by molar-refractivity contribution is 5.59. The molecule has 0 aromatic heterocycles. The average Bonchev–Trinajstić information content (AvgIpc) is 2.30. The van der Waals surface area contributed by atoms with E-state index in [1.54, 1.807) is 6.92 Å². The second kappa shape index (κ2) is 6.12. The predicted octanol–water partition coefficient (Wildman–Crippen LogP) is -2.04. The zero-order chi connectivity index (χ0) is 13.0. The highest BCUT2D eigenvalue weighted by Gasteiger charge is 2.43. The molecular weight excluding hydrogens is 236 g/mol. The highest BCUT2D eigenvalue weighted by Crippen LogP contribution is 2.20. The Bertz CT molecular complexity index is 257. The Kier molecular flexibility index (Phi) is 5.09. The lowest BCUT2D eigenvalue weighted by molar-refractivity contribution is -0.286. The van der Waals surface area contributed by atoms with Gasteiger partial charge in [-0.05, 0) is 6.92 Å². The molecule has 0 saturated carbocycles. The van der Waals surface area contributed by atoms with E-state index in [1.807, 2.05) is 0 Å². The molecule has 5 atom stereocenters. The van der Waals surface area contributed by atoms with Gasteiger partial charge in [-0.2, -0.15) is 0 Å². The monoisotopic (exact) mass is 252 g/mol. The molecule has 0 radical (unpaired) electrons. The topological polar surface area (TPSA) is 126 Å². The Morgan fingerprint density at radius 3 is 2.35 bits per heavy atom. The Labute approximate surface area is 97.3 Å². The molecule has 8 heteroatoms. The van der Waals surface area contributed by atoms with Crippen LogP contribution in [0.2, 0.25) is 0 Å². The minimum atomic E-state index is -1.65. The average molecular weight is 252 g/mol. The lowest BCUT2D eigenvalue weighted by Crippen LogP contribution is -2.58. The minimum Gasteiger partial charge on any atom is -0.435 e. The first-order chi connectivity index (χ1) is 7.97. The van der Waals surface area contributed by atoms with Gasteiger partial charge in [0.15, 0.2) is 6.29 Å². The van der Waals surface area contributed by atoms with Crippen LogP contribution in [-0.2, 0) is 14.2 Å². The van der Waals surface area contributed by atoms with E-state index >= 15 is 0 Å². The number of hydrogen-bond donors (Lipinski definition) is 4. The lowest BCUT2D eigenvalue weighted by atomic mass is 9.99. The third kappa shape index (κ3) is 3.51. The van der Waals surface area contributed by atoms with E-state index in [1.165, 1.54) is 0 Å². The fraction of sp³-hybridized carbons (Fsp3) is 0.889. The van der Waals surface area contributed by atoms with Crippen molar-refractivity contribution in [2.24, 2.45) is 0 Å². The normalized spacial score (nSPS) is 37.6. The van der Waals surface area contributed by atoms with Crippen molar-refractivity contribution in [3.05, 3.63) is 0 Å². The number of carbonyl (C=O) groups is 1. The zero-order valence-electron chi connectivity index (χ0n) is 9.22. The first-order valence-corrected chi connectivity index (χ1v) is 5.14. The molecule has 0 bridgehead atoms. The Morgan fingerprint density at radius 2 is 1.76 bits per heavy atom. The molecule has 0 amide bonds. The maximum atomic E-state index is 10.9. The van der Waals surface area contributed by atoms with Crippen LogP contribution in [0.3, 0.4) is 0 Å². The van der Waals surface area contributed by atoms with E-state index in [9.17, 15) is 25.2 Å². The van der Waals surface area contributed by atoms with Crippen molar-refractivity contribution in [1.82, 2.24) is 0 Å². The molecule has 1 aliphatic rings. The van der Waals surface area contributed by atoms with Gasteiger partial charge in [0.25, 0.3) is 0 Å². The van der Waals surface area contributed by atoms with Crippen LogP contribution in [0.1, 0.15) is 6.92 Å². The quantitative estimate of drug-likeness (QED) is 0.423. The summed E-state index contributed by atoms with van der Waals surface area (Å²) in [6.07, 6.45) is -8.38. The fourth-order valence-electron chi connectivity index (χ4n) is 1.38. The summed E-state index contributed by atoms with van der Waals surface area (Å²) in [6.45, 7) is 1.33. The summed E-state index contributed by atoms with van der Waals surface area (Å²) in [4.78, 5) is 10.9. The highest BCUT2D eigenvalue weighted by atomic mass is 16.7. The van der Waals surface area contributed by atoms with Crippen molar-refractivity contribution in [2.45, 2.75) is 37.6 Å². The van der Waals surface area contributed by atoms with E-state index in [4.69, 9.17) is 4.74 Å². The van der Waals surface area contributed by atoms with Gasteiger partial charge in [0.1, 0.15) is 31.0 Å². The van der Waals surface area contributed by atoms with Gasteiger partial charge in [0.05, 0.1) is 6.61 Å². The van der Waals surface area contributed by atoms with Gasteiger partial charge in [0.2, 0.25) is 0 Å². The maximum absolute atomic E-state index is 10.9. The van der Waals surface area contributed by atoms with Crippen LogP contribution in [-0.4, -0.2) is 70.5 Å². The fourth-order valence-corrected chi connectivity index (χ4v) is 1.38. The van der Waals surface area contributed by atoms with Crippen LogP contribution in [0.4, 0.5) is 4.79 Å². The summed E-state index contributed by atoms with van der Waals surface area (Å²) in [5.41, 5.74) is 0. The molecule has 1 rings (SSSR count). The lowest BCUT2D eigenvalue weighted by Gasteiger charge is -2.37. The SMILES string of the molecule is CCOC(=O)OC[C@H]1O[C@H](O)[C@H](O)[C@@H](O)[C@@H]1O. The van der Waals surface area contributed by atoms with Gasteiger partial charge < -0.3 is 34.6 Å². The van der Waals surface area contributed by atoms with Gasteiger partial charge in [-0.25, -0.2) is 4.79 Å². The zero-order valence-corrected chi connectivity index (χ0v) is 9.22. The summed E-state index contributed by atoms with van der Waals surface area (Å²) in [5.74, 6) is 0. The third-order valence-corrected chi connectivity index (χ3v) is 2.31. The van der Waals surface area contributed by atoms with Gasteiger partial charge in [0, 0.05) is 0 Å². The van der Waals surface area contributed by atoms with E-state index in [0.29, 0.717) is 0 Å². The van der Waals surface area contributed by atoms with Crippen molar-refractivity contribution in [1.29, 1.82) is 0 Å². The number of carbonyl (C=O) groups excluding carboxylic acids is 1. The van der Waals surface area contributed by atoms with Crippen molar-refractivity contribution in [3.8, 4) is 0 Å². The van der Waals surface area contributed by atoms with E-state index in [-0.39, 0.29) is 6.61 Å². The Morgan fingerprint density at radius 1 is 1.12 bits per heavy atom. The number of hydrogen-bond acceptors (Lipinski definition) is 8. The smallest absolute Gasteiger partial charge is 0.435 e. The molecule has 1 fully saturated rings. The summed E-state index contributed by atoms with van der Waals surface area (Å²) >= 11 is 0. The first kappa shape index (κ1) is 14.1. The molecule has 100 valence electrons. The minimum absolute atomic E-state index is 0.136. The van der Waals surface area contributed by atoms with E-state index in [0.717, 1.165) is 0 Å². The molecule has 1 heterocycles. The van der Waals surface area contributed by atoms with Crippen LogP contribution in [0.5, 0.6) is 0 Å². The maximum Gasteiger partial charge on any atom is 0.508 e. The standard InChI is InChI=1S/C9H16O8/c1-2-15-9(14)16-3-4-5(10)6(11)7(12)8(13)17-4/h4-8,10-13H,2-3H2,1H3/t4-,5-,6+,7-,8+/m1/s1. The molecule has 1 saturated heterocycles. The van der Waals surface area contributed by atoms with Gasteiger partial charge in [-0.1, -0.05) is 0 Å². The van der Waals surface area contributed by atoms with Crippen molar-refractivity contribution in [3.63, 3.8) is 0 Å². The number of rotatable bonds is 3. The van der Waals surface area contributed by atoms with Gasteiger partial charge >= 0.3 is 6.16 Å². The number of aliphatic hydroxyl groups is 4. The molecular formula is C9H16O8. The molecule has 1 aliphatic heterocycles. The molecule has 17 heavy (non-hydrogen) atoms. The number of aliphatic hydroxyl groups excluding tert-OH is 4.